The summed E-state index contributed by atoms with van der Waals surface area (Å²) >= 11 is 9.65. The Morgan fingerprint density at radius 1 is 1.30 bits per heavy atom. The molecule has 162 valence electrons. The van der Waals surface area contributed by atoms with Gasteiger partial charge in [-0.1, -0.05) is 27.5 Å². The first-order valence-corrected chi connectivity index (χ1v) is 11.9. The van der Waals surface area contributed by atoms with Crippen LogP contribution in [0.4, 0.5) is 5.69 Å². The Labute approximate surface area is 189 Å². The van der Waals surface area contributed by atoms with E-state index in [-0.39, 0.29) is 47.4 Å². The first-order chi connectivity index (χ1) is 14.2. The topological polar surface area (TPSA) is 84.9 Å². The van der Waals surface area contributed by atoms with E-state index in [1.165, 1.54) is 25.3 Å². The minimum atomic E-state index is -3.71. The van der Waals surface area contributed by atoms with Gasteiger partial charge in [-0.2, -0.15) is 0 Å². The van der Waals surface area contributed by atoms with Crippen molar-refractivity contribution in [3.8, 4) is 5.75 Å². The smallest absolute Gasteiger partial charge is 0.265 e. The Bertz CT molecular complexity index is 1050. The summed E-state index contributed by atoms with van der Waals surface area (Å²) in [5.74, 6) is 0.0429. The molecule has 1 heterocycles. The van der Waals surface area contributed by atoms with Crippen molar-refractivity contribution in [3.05, 3.63) is 51.5 Å². The number of rotatable bonds is 8. The van der Waals surface area contributed by atoms with Crippen molar-refractivity contribution in [3.63, 3.8) is 0 Å². The molecule has 7 nitrogen and oxygen atoms in total. The molecule has 30 heavy (non-hydrogen) atoms. The molecule has 3 rings (SSSR count). The van der Waals surface area contributed by atoms with E-state index in [0.717, 1.165) is 22.1 Å². The second-order valence-corrected chi connectivity index (χ2v) is 9.95. The highest BCUT2D eigenvalue weighted by Crippen LogP contribution is 2.34. The second-order valence-electron chi connectivity index (χ2n) is 6.86. The van der Waals surface area contributed by atoms with Crippen molar-refractivity contribution in [1.82, 2.24) is 4.72 Å². The van der Waals surface area contributed by atoms with Crippen LogP contribution in [0.15, 0.2) is 45.8 Å². The molecule has 0 bridgehead atoms. The van der Waals surface area contributed by atoms with E-state index in [2.05, 4.69) is 20.7 Å². The zero-order valence-corrected chi connectivity index (χ0v) is 19.7. The number of benzene rings is 2. The van der Waals surface area contributed by atoms with E-state index in [0.29, 0.717) is 0 Å². The van der Waals surface area contributed by atoms with Crippen LogP contribution in [-0.4, -0.2) is 47.2 Å². The number of halogens is 2. The summed E-state index contributed by atoms with van der Waals surface area (Å²) in [6.07, 6.45) is 0.768. The van der Waals surface area contributed by atoms with Gasteiger partial charge in [0.05, 0.1) is 16.5 Å². The summed E-state index contributed by atoms with van der Waals surface area (Å²) in [6.45, 7) is 2.17. The highest BCUT2D eigenvalue weighted by molar-refractivity contribution is 9.10. The maximum atomic E-state index is 12.8. The summed E-state index contributed by atoms with van der Waals surface area (Å²) < 4.78 is 38.3. The van der Waals surface area contributed by atoms with Gasteiger partial charge >= 0.3 is 0 Å². The van der Waals surface area contributed by atoms with Gasteiger partial charge in [0.2, 0.25) is 10.0 Å². The van der Waals surface area contributed by atoms with E-state index in [1.807, 2.05) is 25.1 Å². The van der Waals surface area contributed by atoms with Crippen LogP contribution >= 0.6 is 27.5 Å². The lowest BCUT2D eigenvalue weighted by atomic mass is 10.1. The quantitative estimate of drug-likeness (QED) is 0.543. The molecule has 1 unspecified atom stereocenters. The molecule has 1 N–H and O–H groups in total. The lowest BCUT2D eigenvalue weighted by Crippen LogP contribution is -2.39. The summed E-state index contributed by atoms with van der Waals surface area (Å²) in [5.41, 5.74) is 1.97. The highest BCUT2D eigenvalue weighted by atomic mass is 79.9. The van der Waals surface area contributed by atoms with Crippen molar-refractivity contribution in [2.75, 3.05) is 31.8 Å². The first-order valence-electron chi connectivity index (χ1n) is 9.24. The molecule has 1 atom stereocenters. The van der Waals surface area contributed by atoms with E-state index in [4.69, 9.17) is 21.1 Å². The molecular formula is C20H22BrClN2O5S. The average Bonchev–Trinajstić information content (AvgIpc) is 3.01. The molecule has 0 saturated carbocycles. The van der Waals surface area contributed by atoms with Crippen LogP contribution in [0.2, 0.25) is 5.02 Å². The molecule has 1 aliphatic rings. The predicted octanol–water partition coefficient (Wildman–Crippen LogP) is 3.38. The molecule has 1 amide bonds. The highest BCUT2D eigenvalue weighted by Gasteiger charge is 2.31. The van der Waals surface area contributed by atoms with Crippen molar-refractivity contribution in [2.45, 2.75) is 24.3 Å². The molecule has 2 aromatic rings. The lowest BCUT2D eigenvalue weighted by molar-refractivity contribution is -0.120. The Kier molecular flexibility index (Phi) is 7.41. The molecule has 0 fully saturated rings. The summed E-state index contributed by atoms with van der Waals surface area (Å²) in [4.78, 5) is 14.5. The van der Waals surface area contributed by atoms with Crippen LogP contribution in [0.5, 0.6) is 5.75 Å². The number of methoxy groups -OCH3 is 1. The Hall–Kier alpha value is -1.65. The van der Waals surface area contributed by atoms with Gasteiger partial charge in [0.1, 0.15) is 5.75 Å². The van der Waals surface area contributed by atoms with Gasteiger partial charge in [-0.15, -0.1) is 0 Å². The fourth-order valence-electron chi connectivity index (χ4n) is 3.32. The minimum absolute atomic E-state index is 0.00921. The average molecular weight is 518 g/mol. The van der Waals surface area contributed by atoms with Crippen LogP contribution in [0.1, 0.15) is 12.5 Å². The van der Waals surface area contributed by atoms with Crippen LogP contribution in [0.25, 0.3) is 0 Å². The summed E-state index contributed by atoms with van der Waals surface area (Å²) in [5, 5.41) is 0.108. The van der Waals surface area contributed by atoms with E-state index < -0.39 is 10.0 Å². The third kappa shape index (κ3) is 5.15. The standard InChI is InChI=1S/C20H22BrClN2O5S/c1-13-9-14-10-15(21)3-5-18(14)24(13)20(25)12-29-19-6-4-16(11-17(19)22)30(26,27)23-7-8-28-2/h3-6,10-11,13,23H,7-9,12H2,1-2H3. The van der Waals surface area contributed by atoms with Crippen LogP contribution in [0.3, 0.4) is 0 Å². The molecule has 0 radical (unpaired) electrons. The number of sulfonamides is 1. The van der Waals surface area contributed by atoms with Gasteiger partial charge < -0.3 is 14.4 Å². The van der Waals surface area contributed by atoms with E-state index in [9.17, 15) is 13.2 Å². The van der Waals surface area contributed by atoms with Gasteiger partial charge in [-0.3, -0.25) is 4.79 Å². The van der Waals surface area contributed by atoms with Crippen LogP contribution < -0.4 is 14.4 Å². The number of carbonyl (C=O) groups is 1. The summed E-state index contributed by atoms with van der Waals surface area (Å²) in [7, 11) is -2.22. The van der Waals surface area contributed by atoms with Gasteiger partial charge in [-0.05, 0) is 55.3 Å². The number of fused-ring (bicyclic) bond motifs is 1. The van der Waals surface area contributed by atoms with Gasteiger partial charge in [-0.25, -0.2) is 13.1 Å². The van der Waals surface area contributed by atoms with Crippen molar-refractivity contribution in [2.24, 2.45) is 0 Å². The predicted molar refractivity (Wildman–Crippen MR) is 119 cm³/mol. The molecule has 0 saturated heterocycles. The number of ether oxygens (including phenoxy) is 2. The molecular weight excluding hydrogens is 496 g/mol. The van der Waals surface area contributed by atoms with Crippen molar-refractivity contribution in [1.29, 1.82) is 0 Å². The van der Waals surface area contributed by atoms with Gasteiger partial charge in [0.25, 0.3) is 5.91 Å². The van der Waals surface area contributed by atoms with Gasteiger partial charge in [0, 0.05) is 29.9 Å². The SMILES string of the molecule is COCCNS(=O)(=O)c1ccc(OCC(=O)N2c3ccc(Br)cc3CC2C)c(Cl)c1. The molecule has 0 spiro atoms. The third-order valence-electron chi connectivity index (χ3n) is 4.69. The molecule has 10 heteroatoms. The summed E-state index contributed by atoms with van der Waals surface area (Å²) in [6, 6.07) is 9.95. The van der Waals surface area contributed by atoms with E-state index >= 15 is 0 Å². The molecule has 2 aromatic carbocycles. The van der Waals surface area contributed by atoms with E-state index in [1.54, 1.807) is 4.90 Å². The lowest BCUT2D eigenvalue weighted by Gasteiger charge is -2.23. The molecule has 0 aliphatic carbocycles. The Morgan fingerprint density at radius 3 is 2.77 bits per heavy atom. The maximum Gasteiger partial charge on any atom is 0.265 e. The second kappa shape index (κ2) is 9.65. The normalized spacial score (nSPS) is 15.9. The first kappa shape index (κ1) is 23.0. The Morgan fingerprint density at radius 2 is 2.07 bits per heavy atom. The fourth-order valence-corrected chi connectivity index (χ4v) is 5.06. The zero-order valence-electron chi connectivity index (χ0n) is 16.5. The van der Waals surface area contributed by atoms with Gasteiger partial charge in [0.15, 0.2) is 6.61 Å². The number of hydrogen-bond donors (Lipinski definition) is 1. The number of nitrogens with zero attached hydrogens (tertiary/aromatic N) is 1. The van der Waals surface area contributed by atoms with Crippen LogP contribution in [-0.2, 0) is 26.0 Å². The van der Waals surface area contributed by atoms with Crippen molar-refractivity contribution >= 4 is 49.1 Å². The monoisotopic (exact) mass is 516 g/mol. The van der Waals surface area contributed by atoms with Crippen LogP contribution in [0, 0.1) is 0 Å². The number of carbonyl (C=O) groups excluding carboxylic acids is 1. The molecule has 0 aromatic heterocycles. The van der Waals surface area contributed by atoms with Crippen molar-refractivity contribution < 1.29 is 22.7 Å². The Balaban J connectivity index is 1.67. The number of amides is 1. The molecule has 1 aliphatic heterocycles. The number of hydrogen-bond acceptors (Lipinski definition) is 5. The minimum Gasteiger partial charge on any atom is -0.482 e. The number of nitrogens with one attached hydrogen (secondary N) is 1. The largest absolute Gasteiger partial charge is 0.482 e. The third-order valence-corrected chi connectivity index (χ3v) is 6.94. The zero-order chi connectivity index (χ0) is 21.9. The fraction of sp³-hybridized carbons (Fsp3) is 0.350. The number of anilines is 1. The maximum absolute atomic E-state index is 12.8.